The first kappa shape index (κ1) is 24.8. The van der Waals surface area contributed by atoms with E-state index in [1.807, 2.05) is 121 Å². The molecule has 0 aliphatic carbocycles. The molecule has 0 unspecified atom stereocenters. The van der Waals surface area contributed by atoms with Crippen LogP contribution in [0.2, 0.25) is 0 Å². The molecule has 43 heavy (non-hydrogen) atoms. The van der Waals surface area contributed by atoms with Gasteiger partial charge in [-0.15, -0.1) is 0 Å². The van der Waals surface area contributed by atoms with Gasteiger partial charge < -0.3 is 4.42 Å². The van der Waals surface area contributed by atoms with Gasteiger partial charge in [0.25, 0.3) is 0 Å². The maximum atomic E-state index is 6.26. The summed E-state index contributed by atoms with van der Waals surface area (Å²) in [5.41, 5.74) is 9.68. The van der Waals surface area contributed by atoms with Gasteiger partial charge in [-0.25, -0.2) is 19.9 Å². The Morgan fingerprint density at radius 1 is 0.395 bits per heavy atom. The molecule has 0 bridgehead atoms. The standard InChI is InChI=1S/C38H24N4O/c1-4-12-25(13-5-1)31-24-32(26-14-6-2-7-15-26)40-37(39-31)28-20-22-29(23-21-28)38-41-34(27-16-8-3-9-17-27)36-35(42-38)30-18-10-11-19-33(30)43-36/h1-24H. The summed E-state index contributed by atoms with van der Waals surface area (Å²) in [6.07, 6.45) is 0. The fourth-order valence-electron chi connectivity index (χ4n) is 5.37. The Bertz CT molecular complexity index is 2150. The number of para-hydroxylation sites is 1. The van der Waals surface area contributed by atoms with Crippen molar-refractivity contribution >= 4 is 22.1 Å². The summed E-state index contributed by atoms with van der Waals surface area (Å²) < 4.78 is 6.26. The zero-order chi connectivity index (χ0) is 28.6. The molecule has 0 atom stereocenters. The molecule has 0 N–H and O–H groups in total. The highest BCUT2D eigenvalue weighted by atomic mass is 16.3. The van der Waals surface area contributed by atoms with E-state index in [9.17, 15) is 0 Å². The summed E-state index contributed by atoms with van der Waals surface area (Å²) in [6.45, 7) is 0. The minimum atomic E-state index is 0.633. The van der Waals surface area contributed by atoms with Crippen LogP contribution in [0, 0.1) is 0 Å². The molecule has 8 aromatic rings. The quantitative estimate of drug-likeness (QED) is 0.213. The van der Waals surface area contributed by atoms with E-state index in [0.717, 1.165) is 61.4 Å². The van der Waals surface area contributed by atoms with Crippen LogP contribution in [0.25, 0.3) is 78.6 Å². The Kier molecular flexibility index (Phi) is 6.05. The van der Waals surface area contributed by atoms with E-state index < -0.39 is 0 Å². The molecule has 0 saturated heterocycles. The molecule has 0 fully saturated rings. The molecule has 3 aromatic heterocycles. The summed E-state index contributed by atoms with van der Waals surface area (Å²) in [5, 5.41) is 0.967. The summed E-state index contributed by atoms with van der Waals surface area (Å²) in [4.78, 5) is 19.9. The van der Waals surface area contributed by atoms with E-state index in [2.05, 4.69) is 24.3 Å². The molecule has 0 saturated carbocycles. The zero-order valence-electron chi connectivity index (χ0n) is 23.1. The van der Waals surface area contributed by atoms with Gasteiger partial charge in [0.15, 0.2) is 17.2 Å². The van der Waals surface area contributed by atoms with Crippen molar-refractivity contribution in [2.24, 2.45) is 0 Å². The average molecular weight is 553 g/mol. The third-order valence-corrected chi connectivity index (χ3v) is 7.53. The van der Waals surface area contributed by atoms with E-state index in [1.165, 1.54) is 0 Å². The van der Waals surface area contributed by atoms with Crippen LogP contribution in [0.4, 0.5) is 0 Å². The fraction of sp³-hybridized carbons (Fsp3) is 0. The normalized spacial score (nSPS) is 11.3. The van der Waals surface area contributed by atoms with Crippen LogP contribution < -0.4 is 0 Å². The van der Waals surface area contributed by atoms with Crippen LogP contribution >= 0.6 is 0 Å². The van der Waals surface area contributed by atoms with Gasteiger partial charge in [0, 0.05) is 33.2 Å². The van der Waals surface area contributed by atoms with Gasteiger partial charge in [-0.3, -0.25) is 0 Å². The third-order valence-electron chi connectivity index (χ3n) is 7.53. The molecular weight excluding hydrogens is 528 g/mol. The van der Waals surface area contributed by atoms with Gasteiger partial charge in [-0.05, 0) is 18.2 Å². The smallest absolute Gasteiger partial charge is 0.180 e. The topological polar surface area (TPSA) is 64.7 Å². The van der Waals surface area contributed by atoms with E-state index in [-0.39, 0.29) is 0 Å². The van der Waals surface area contributed by atoms with Crippen LogP contribution in [0.15, 0.2) is 150 Å². The Balaban J connectivity index is 1.25. The van der Waals surface area contributed by atoms with E-state index >= 15 is 0 Å². The number of fused-ring (bicyclic) bond motifs is 3. The van der Waals surface area contributed by atoms with Crippen molar-refractivity contribution in [1.82, 2.24) is 19.9 Å². The molecular formula is C38H24N4O. The van der Waals surface area contributed by atoms with Crippen molar-refractivity contribution in [2.75, 3.05) is 0 Å². The SMILES string of the molecule is c1ccc(-c2cc(-c3ccccc3)nc(-c3ccc(-c4nc(-c5ccccc5)c5oc6ccccc6c5n4)cc3)n2)cc1. The Morgan fingerprint density at radius 2 is 0.884 bits per heavy atom. The highest BCUT2D eigenvalue weighted by Crippen LogP contribution is 2.36. The second-order valence-electron chi connectivity index (χ2n) is 10.3. The van der Waals surface area contributed by atoms with Crippen molar-refractivity contribution in [2.45, 2.75) is 0 Å². The number of hydrogen-bond donors (Lipinski definition) is 0. The zero-order valence-corrected chi connectivity index (χ0v) is 23.1. The number of rotatable bonds is 5. The third kappa shape index (κ3) is 4.63. The minimum Gasteiger partial charge on any atom is -0.452 e. The molecule has 5 aromatic carbocycles. The monoisotopic (exact) mass is 552 g/mol. The highest BCUT2D eigenvalue weighted by Gasteiger charge is 2.18. The number of hydrogen-bond acceptors (Lipinski definition) is 5. The lowest BCUT2D eigenvalue weighted by molar-refractivity contribution is 0.667. The first-order chi connectivity index (χ1) is 21.3. The van der Waals surface area contributed by atoms with Crippen molar-refractivity contribution in [3.8, 4) is 56.5 Å². The number of benzene rings is 5. The van der Waals surface area contributed by atoms with Crippen molar-refractivity contribution in [1.29, 1.82) is 0 Å². The molecule has 8 rings (SSSR count). The van der Waals surface area contributed by atoms with Gasteiger partial charge >= 0.3 is 0 Å². The molecule has 202 valence electrons. The molecule has 0 radical (unpaired) electrons. The molecule has 0 aliphatic heterocycles. The van der Waals surface area contributed by atoms with Gasteiger partial charge in [0.2, 0.25) is 0 Å². The Labute approximate surface area is 248 Å². The molecule has 3 heterocycles. The van der Waals surface area contributed by atoms with E-state index in [0.29, 0.717) is 17.2 Å². The first-order valence-electron chi connectivity index (χ1n) is 14.2. The van der Waals surface area contributed by atoms with Gasteiger partial charge in [-0.2, -0.15) is 0 Å². The predicted octanol–water partition coefficient (Wildman–Crippen LogP) is 9.50. The Hall–Kier alpha value is -5.94. The van der Waals surface area contributed by atoms with Crippen molar-refractivity contribution < 1.29 is 4.42 Å². The van der Waals surface area contributed by atoms with Crippen LogP contribution in [0.1, 0.15) is 0 Å². The second kappa shape index (κ2) is 10.5. The van der Waals surface area contributed by atoms with Crippen LogP contribution in [-0.4, -0.2) is 19.9 Å². The lowest BCUT2D eigenvalue weighted by Crippen LogP contribution is -1.96. The number of nitrogens with zero attached hydrogens (tertiary/aromatic N) is 4. The highest BCUT2D eigenvalue weighted by molar-refractivity contribution is 6.07. The summed E-state index contributed by atoms with van der Waals surface area (Å²) in [6, 6.07) is 48.7. The number of furan rings is 1. The lowest BCUT2D eigenvalue weighted by Gasteiger charge is -2.10. The van der Waals surface area contributed by atoms with Crippen molar-refractivity contribution in [3.05, 3.63) is 146 Å². The molecule has 0 amide bonds. The van der Waals surface area contributed by atoms with Gasteiger partial charge in [0.05, 0.1) is 11.4 Å². The van der Waals surface area contributed by atoms with Crippen molar-refractivity contribution in [3.63, 3.8) is 0 Å². The lowest BCUT2D eigenvalue weighted by atomic mass is 10.1. The summed E-state index contributed by atoms with van der Waals surface area (Å²) in [5.74, 6) is 1.29. The molecule has 0 aliphatic rings. The number of aromatic nitrogens is 4. The minimum absolute atomic E-state index is 0.633. The Morgan fingerprint density at radius 3 is 1.47 bits per heavy atom. The maximum Gasteiger partial charge on any atom is 0.180 e. The fourth-order valence-corrected chi connectivity index (χ4v) is 5.37. The van der Waals surface area contributed by atoms with Crippen LogP contribution in [0.3, 0.4) is 0 Å². The molecule has 0 spiro atoms. The van der Waals surface area contributed by atoms with Gasteiger partial charge in [-0.1, -0.05) is 127 Å². The van der Waals surface area contributed by atoms with E-state index in [1.54, 1.807) is 0 Å². The predicted molar refractivity (Wildman–Crippen MR) is 172 cm³/mol. The van der Waals surface area contributed by atoms with E-state index in [4.69, 9.17) is 24.4 Å². The second-order valence-corrected chi connectivity index (χ2v) is 10.3. The van der Waals surface area contributed by atoms with Crippen LogP contribution in [0.5, 0.6) is 0 Å². The first-order valence-corrected chi connectivity index (χ1v) is 14.2. The summed E-state index contributed by atoms with van der Waals surface area (Å²) >= 11 is 0. The average Bonchev–Trinajstić information content (AvgIpc) is 3.48. The summed E-state index contributed by atoms with van der Waals surface area (Å²) in [7, 11) is 0. The molecule has 5 nitrogen and oxygen atoms in total. The maximum absolute atomic E-state index is 6.26. The van der Waals surface area contributed by atoms with Gasteiger partial charge in [0.1, 0.15) is 16.8 Å². The van der Waals surface area contributed by atoms with Crippen LogP contribution in [-0.2, 0) is 0 Å². The largest absolute Gasteiger partial charge is 0.452 e. The molecule has 5 heteroatoms.